The lowest BCUT2D eigenvalue weighted by Gasteiger charge is -2.42. The number of sulfonamides is 1. The molecule has 3 aliphatic rings. The average molecular weight is 538 g/mol. The highest BCUT2D eigenvalue weighted by Crippen LogP contribution is 2.53. The van der Waals surface area contributed by atoms with Gasteiger partial charge in [-0.2, -0.15) is 0 Å². The number of rotatable bonds is 6. The molecular weight excluding hydrogens is 506 g/mol. The van der Waals surface area contributed by atoms with Crippen LogP contribution in [0.2, 0.25) is 0 Å². The van der Waals surface area contributed by atoms with E-state index in [1.54, 1.807) is 26.4 Å². The van der Waals surface area contributed by atoms with Gasteiger partial charge in [0.1, 0.15) is 30.8 Å². The highest BCUT2D eigenvalue weighted by molar-refractivity contribution is 7.92. The first-order valence-electron chi connectivity index (χ1n) is 12.9. The van der Waals surface area contributed by atoms with Gasteiger partial charge in [-0.1, -0.05) is 25.0 Å². The minimum absolute atomic E-state index is 0.0559. The second kappa shape index (κ2) is 10.0. The third-order valence-electron chi connectivity index (χ3n) is 7.56. The summed E-state index contributed by atoms with van der Waals surface area (Å²) in [6, 6.07) is 15.8. The summed E-state index contributed by atoms with van der Waals surface area (Å²) < 4.78 is 58.7. The molecule has 0 unspecified atom stereocenters. The maximum absolute atomic E-state index is 13.3. The van der Waals surface area contributed by atoms with Crippen molar-refractivity contribution in [2.75, 3.05) is 32.2 Å². The van der Waals surface area contributed by atoms with Gasteiger partial charge in [0.05, 0.1) is 25.2 Å². The topological polar surface area (TPSA) is 92.3 Å². The predicted octanol–water partition coefficient (Wildman–Crippen LogP) is 5.42. The van der Waals surface area contributed by atoms with Gasteiger partial charge in [-0.3, -0.25) is 4.72 Å². The number of nitrogens with one attached hydrogen (secondary N) is 1. The van der Waals surface area contributed by atoms with Gasteiger partial charge in [0.2, 0.25) is 0 Å². The van der Waals surface area contributed by atoms with Crippen LogP contribution in [-0.2, 0) is 14.8 Å². The fourth-order valence-electron chi connectivity index (χ4n) is 5.85. The Kier molecular flexibility index (Phi) is 6.57. The summed E-state index contributed by atoms with van der Waals surface area (Å²) in [4.78, 5) is 0.0999. The Bertz CT molecular complexity index is 1460. The number of anilines is 1. The molecule has 8 nitrogen and oxygen atoms in total. The minimum atomic E-state index is -3.87. The summed E-state index contributed by atoms with van der Waals surface area (Å²) in [5.74, 6) is 2.76. The molecule has 3 aromatic rings. The van der Waals surface area contributed by atoms with Crippen molar-refractivity contribution in [3.05, 3.63) is 71.3 Å². The molecule has 200 valence electrons. The molecule has 0 radical (unpaired) electrons. The molecular formula is C29H31NO7S. The number of fused-ring (bicyclic) bond motifs is 4. The van der Waals surface area contributed by atoms with E-state index in [0.717, 1.165) is 53.9 Å². The van der Waals surface area contributed by atoms with Gasteiger partial charge in [0.25, 0.3) is 10.0 Å². The van der Waals surface area contributed by atoms with Crippen molar-refractivity contribution in [1.29, 1.82) is 0 Å². The normalized spacial score (nSPS) is 22.1. The van der Waals surface area contributed by atoms with Gasteiger partial charge >= 0.3 is 0 Å². The van der Waals surface area contributed by atoms with Crippen molar-refractivity contribution in [3.63, 3.8) is 0 Å². The molecule has 3 aromatic carbocycles. The van der Waals surface area contributed by atoms with E-state index in [-0.39, 0.29) is 16.9 Å². The zero-order chi connectivity index (χ0) is 26.3. The Morgan fingerprint density at radius 1 is 0.842 bits per heavy atom. The van der Waals surface area contributed by atoms with Crippen LogP contribution in [0.1, 0.15) is 54.4 Å². The first kappa shape index (κ1) is 24.9. The molecule has 0 bridgehead atoms. The van der Waals surface area contributed by atoms with E-state index < -0.39 is 16.1 Å². The molecule has 1 fully saturated rings. The van der Waals surface area contributed by atoms with Gasteiger partial charge in [0, 0.05) is 28.8 Å². The second-order valence-corrected chi connectivity index (χ2v) is 11.5. The maximum atomic E-state index is 13.3. The van der Waals surface area contributed by atoms with Gasteiger partial charge in [0.15, 0.2) is 11.5 Å². The Labute approximate surface area is 222 Å². The van der Waals surface area contributed by atoms with E-state index in [4.69, 9.17) is 23.7 Å². The predicted molar refractivity (Wildman–Crippen MR) is 142 cm³/mol. The first-order chi connectivity index (χ1) is 18.5. The molecule has 0 saturated heterocycles. The molecule has 2 aliphatic heterocycles. The van der Waals surface area contributed by atoms with Crippen LogP contribution in [0.15, 0.2) is 59.5 Å². The number of hydrogen-bond donors (Lipinski definition) is 1. The van der Waals surface area contributed by atoms with Crippen molar-refractivity contribution in [2.45, 2.75) is 48.7 Å². The third-order valence-corrected chi connectivity index (χ3v) is 8.94. The fraction of sp³-hybridized carbons (Fsp3) is 0.379. The average Bonchev–Trinajstić information content (AvgIpc) is 2.95. The maximum Gasteiger partial charge on any atom is 0.262 e. The zero-order valence-corrected chi connectivity index (χ0v) is 22.3. The smallest absolute Gasteiger partial charge is 0.262 e. The molecule has 0 aromatic heterocycles. The lowest BCUT2D eigenvalue weighted by molar-refractivity contribution is -0.0406. The summed E-state index contributed by atoms with van der Waals surface area (Å²) >= 11 is 0. The van der Waals surface area contributed by atoms with Crippen molar-refractivity contribution in [2.24, 2.45) is 0 Å². The molecule has 1 aliphatic carbocycles. The van der Waals surface area contributed by atoms with Gasteiger partial charge in [-0.25, -0.2) is 8.42 Å². The Hall–Kier alpha value is -3.43. The highest BCUT2D eigenvalue weighted by Gasteiger charge is 2.41. The highest BCUT2D eigenvalue weighted by atomic mass is 32.2. The minimum Gasteiger partial charge on any atom is -0.496 e. The molecule has 3 atom stereocenters. The lowest BCUT2D eigenvalue weighted by atomic mass is 9.75. The van der Waals surface area contributed by atoms with E-state index in [9.17, 15) is 8.42 Å². The van der Waals surface area contributed by atoms with Gasteiger partial charge < -0.3 is 23.7 Å². The van der Waals surface area contributed by atoms with Crippen LogP contribution in [0.3, 0.4) is 0 Å². The van der Waals surface area contributed by atoms with Gasteiger partial charge in [-0.15, -0.1) is 0 Å². The van der Waals surface area contributed by atoms with Crippen molar-refractivity contribution in [3.8, 4) is 23.0 Å². The van der Waals surface area contributed by atoms with Crippen molar-refractivity contribution in [1.82, 2.24) is 0 Å². The Morgan fingerprint density at radius 2 is 1.58 bits per heavy atom. The molecule has 1 saturated carbocycles. The van der Waals surface area contributed by atoms with Crippen LogP contribution < -0.4 is 23.7 Å². The van der Waals surface area contributed by atoms with Crippen LogP contribution in [0.5, 0.6) is 23.0 Å². The fourth-order valence-corrected chi connectivity index (χ4v) is 6.92. The van der Waals surface area contributed by atoms with Crippen LogP contribution in [-0.4, -0.2) is 42.0 Å². The second-order valence-electron chi connectivity index (χ2n) is 9.78. The number of benzene rings is 3. The van der Waals surface area contributed by atoms with Crippen LogP contribution in [0, 0.1) is 0 Å². The van der Waals surface area contributed by atoms with E-state index in [2.05, 4.69) is 4.72 Å². The summed E-state index contributed by atoms with van der Waals surface area (Å²) in [5, 5.41) is 0. The summed E-state index contributed by atoms with van der Waals surface area (Å²) in [5.41, 5.74) is 3.36. The standard InChI is InChI=1S/C29H31NO7S/c1-33-24-12-13-25(34-2)28-27(24)21-8-3-4-9-22(21)37-29(28)18-6-5-7-19(16-18)30-38(31,32)20-10-11-23-26(17-20)36-15-14-35-23/h5-7,10-13,16-17,21-22,29-30H,3-4,8-9,14-15H2,1-2H3/t21-,22-,29-/m0/s1. The van der Waals surface area contributed by atoms with Crippen molar-refractivity contribution < 1.29 is 32.1 Å². The van der Waals surface area contributed by atoms with Crippen LogP contribution in [0.4, 0.5) is 5.69 Å². The number of ether oxygens (including phenoxy) is 5. The number of hydrogen-bond acceptors (Lipinski definition) is 7. The molecule has 1 N–H and O–H groups in total. The lowest BCUT2D eigenvalue weighted by Crippen LogP contribution is -2.34. The summed E-state index contributed by atoms with van der Waals surface area (Å²) in [7, 11) is -0.520. The SMILES string of the molecule is COc1ccc(OC)c2c1[C@H](c1cccc(NS(=O)(=O)c3ccc4c(c3)OCCO4)c1)O[C@H]1CCCC[C@H]21. The molecule has 38 heavy (non-hydrogen) atoms. The van der Waals surface area contributed by atoms with Gasteiger partial charge in [-0.05, 0) is 54.8 Å². The monoisotopic (exact) mass is 537 g/mol. The number of methoxy groups -OCH3 is 2. The zero-order valence-electron chi connectivity index (χ0n) is 21.4. The summed E-state index contributed by atoms with van der Waals surface area (Å²) in [6.45, 7) is 0.819. The first-order valence-corrected chi connectivity index (χ1v) is 14.4. The third kappa shape index (κ3) is 4.43. The quantitative estimate of drug-likeness (QED) is 0.449. The molecule has 2 heterocycles. The van der Waals surface area contributed by atoms with Crippen LogP contribution in [0.25, 0.3) is 0 Å². The Balaban J connectivity index is 1.36. The molecule has 9 heteroatoms. The largest absolute Gasteiger partial charge is 0.496 e. The molecule has 0 amide bonds. The van der Waals surface area contributed by atoms with E-state index in [0.29, 0.717) is 30.4 Å². The Morgan fingerprint density at radius 3 is 2.37 bits per heavy atom. The molecule has 6 rings (SSSR count). The van der Waals surface area contributed by atoms with E-state index in [1.807, 2.05) is 30.3 Å². The van der Waals surface area contributed by atoms with E-state index in [1.165, 1.54) is 12.1 Å². The molecule has 0 spiro atoms. The van der Waals surface area contributed by atoms with Crippen LogP contribution >= 0.6 is 0 Å². The van der Waals surface area contributed by atoms with Crippen molar-refractivity contribution >= 4 is 15.7 Å². The summed E-state index contributed by atoms with van der Waals surface area (Å²) in [6.07, 6.45) is 3.89. The van der Waals surface area contributed by atoms with E-state index >= 15 is 0 Å².